The lowest BCUT2D eigenvalue weighted by molar-refractivity contribution is 0.0450. The van der Waals surface area contributed by atoms with Crippen LogP contribution in [0.15, 0.2) is 48.5 Å². The summed E-state index contributed by atoms with van der Waals surface area (Å²) in [6.07, 6.45) is -0.536. The van der Waals surface area contributed by atoms with Crippen LogP contribution < -0.4 is 10.1 Å². The van der Waals surface area contributed by atoms with E-state index in [-0.39, 0.29) is 13.2 Å². The number of carbonyl (C=O) groups excluding carboxylic acids is 2. The number of benzene rings is 2. The lowest BCUT2D eigenvalue weighted by atomic mass is 10.2. The molecule has 0 saturated heterocycles. The van der Waals surface area contributed by atoms with Crippen molar-refractivity contribution in [3.8, 4) is 5.75 Å². The number of rotatable bonds is 7. The molecule has 0 heterocycles. The molecule has 0 atom stereocenters. The van der Waals surface area contributed by atoms with Crippen LogP contribution in [0.25, 0.3) is 0 Å². The largest absolute Gasteiger partial charge is 0.490 e. The van der Waals surface area contributed by atoms with Crippen LogP contribution in [0.2, 0.25) is 0 Å². The minimum absolute atomic E-state index is 0.148. The molecule has 0 aliphatic carbocycles. The molecule has 0 aromatic heterocycles. The molecule has 0 radical (unpaired) electrons. The van der Waals surface area contributed by atoms with E-state index in [9.17, 15) is 9.59 Å². The summed E-state index contributed by atoms with van der Waals surface area (Å²) in [5.41, 5.74) is 2.09. The van der Waals surface area contributed by atoms with Gasteiger partial charge in [0.2, 0.25) is 0 Å². The van der Waals surface area contributed by atoms with E-state index >= 15 is 0 Å². The van der Waals surface area contributed by atoms with Gasteiger partial charge < -0.3 is 14.2 Å². The number of aryl methyl sites for hydroxylation is 1. The van der Waals surface area contributed by atoms with Gasteiger partial charge in [-0.25, -0.2) is 9.59 Å². The minimum atomic E-state index is -0.536. The molecular formula is C19H21NO5. The summed E-state index contributed by atoms with van der Waals surface area (Å²) in [6, 6.07) is 14.0. The van der Waals surface area contributed by atoms with Crippen LogP contribution in [0.3, 0.4) is 0 Å². The Kier molecular flexibility index (Phi) is 6.83. The molecule has 132 valence electrons. The highest BCUT2D eigenvalue weighted by atomic mass is 16.6. The highest BCUT2D eigenvalue weighted by Gasteiger charge is 2.08. The number of hydrogen-bond donors (Lipinski definition) is 1. The molecule has 0 saturated carbocycles. The van der Waals surface area contributed by atoms with Gasteiger partial charge in [0.05, 0.1) is 12.2 Å². The maximum Gasteiger partial charge on any atom is 0.411 e. The van der Waals surface area contributed by atoms with Gasteiger partial charge in [0.25, 0.3) is 0 Å². The summed E-state index contributed by atoms with van der Waals surface area (Å²) < 4.78 is 15.4. The fraction of sp³-hybridized carbons (Fsp3) is 0.263. The quantitative estimate of drug-likeness (QED) is 0.611. The third-order valence-corrected chi connectivity index (χ3v) is 3.25. The van der Waals surface area contributed by atoms with Gasteiger partial charge in [0, 0.05) is 5.69 Å². The van der Waals surface area contributed by atoms with Crippen molar-refractivity contribution in [2.45, 2.75) is 13.8 Å². The van der Waals surface area contributed by atoms with Crippen LogP contribution in [0, 0.1) is 6.92 Å². The van der Waals surface area contributed by atoms with Crippen LogP contribution in [-0.2, 0) is 9.47 Å². The van der Waals surface area contributed by atoms with Crippen LogP contribution in [0.5, 0.6) is 5.75 Å². The van der Waals surface area contributed by atoms with Crippen LogP contribution >= 0.6 is 0 Å². The number of esters is 1. The summed E-state index contributed by atoms with van der Waals surface area (Å²) in [4.78, 5) is 23.2. The molecule has 6 nitrogen and oxygen atoms in total. The maximum absolute atomic E-state index is 11.9. The zero-order valence-corrected chi connectivity index (χ0v) is 14.3. The Morgan fingerprint density at radius 1 is 0.920 bits per heavy atom. The summed E-state index contributed by atoms with van der Waals surface area (Å²) in [5, 5.41) is 2.55. The maximum atomic E-state index is 11.9. The Hall–Kier alpha value is -3.02. The number of amides is 1. The zero-order chi connectivity index (χ0) is 18.1. The van der Waals surface area contributed by atoms with Crippen molar-refractivity contribution in [1.82, 2.24) is 0 Å². The molecule has 1 N–H and O–H groups in total. The second-order valence-electron chi connectivity index (χ2n) is 5.22. The van der Waals surface area contributed by atoms with Gasteiger partial charge in [0.15, 0.2) is 0 Å². The third-order valence-electron chi connectivity index (χ3n) is 3.25. The van der Waals surface area contributed by atoms with Crippen molar-refractivity contribution in [3.63, 3.8) is 0 Å². The standard InChI is InChI=1S/C19H21NO5/c1-3-23-19(22)20-16-8-6-15(7-9-16)18(21)25-13-12-24-17-10-4-14(2)5-11-17/h4-11H,3,12-13H2,1-2H3,(H,20,22). The first kappa shape index (κ1) is 18.3. The van der Waals surface area contributed by atoms with Crippen molar-refractivity contribution < 1.29 is 23.8 Å². The van der Waals surface area contributed by atoms with Crippen molar-refractivity contribution in [2.75, 3.05) is 25.1 Å². The number of anilines is 1. The Balaban J connectivity index is 1.74. The molecule has 0 aliphatic heterocycles. The average Bonchev–Trinajstić information content (AvgIpc) is 2.61. The first-order valence-corrected chi connectivity index (χ1v) is 7.99. The van der Waals surface area contributed by atoms with Crippen molar-refractivity contribution in [3.05, 3.63) is 59.7 Å². The summed E-state index contributed by atoms with van der Waals surface area (Å²) in [5.74, 6) is 0.284. The van der Waals surface area contributed by atoms with Gasteiger partial charge in [-0.15, -0.1) is 0 Å². The Morgan fingerprint density at radius 3 is 2.24 bits per heavy atom. The SMILES string of the molecule is CCOC(=O)Nc1ccc(C(=O)OCCOc2ccc(C)cc2)cc1. The molecule has 0 aliphatic rings. The van der Waals surface area contributed by atoms with Crippen molar-refractivity contribution in [2.24, 2.45) is 0 Å². The van der Waals surface area contributed by atoms with Gasteiger partial charge >= 0.3 is 12.1 Å². The summed E-state index contributed by atoms with van der Waals surface area (Å²) in [7, 11) is 0. The molecule has 2 aromatic carbocycles. The van der Waals surface area contributed by atoms with E-state index in [0.717, 1.165) is 11.3 Å². The number of carbonyl (C=O) groups is 2. The van der Waals surface area contributed by atoms with E-state index in [1.54, 1.807) is 31.2 Å². The van der Waals surface area contributed by atoms with E-state index in [1.165, 1.54) is 0 Å². The minimum Gasteiger partial charge on any atom is -0.490 e. The van der Waals surface area contributed by atoms with Gasteiger partial charge in [-0.3, -0.25) is 5.32 Å². The Labute approximate surface area is 146 Å². The van der Waals surface area contributed by atoms with E-state index in [1.807, 2.05) is 31.2 Å². The summed E-state index contributed by atoms with van der Waals surface area (Å²) >= 11 is 0. The van der Waals surface area contributed by atoms with Crippen LogP contribution in [0.1, 0.15) is 22.8 Å². The Morgan fingerprint density at radius 2 is 1.60 bits per heavy atom. The molecule has 0 unspecified atom stereocenters. The topological polar surface area (TPSA) is 73.9 Å². The molecule has 25 heavy (non-hydrogen) atoms. The molecular weight excluding hydrogens is 322 g/mol. The zero-order valence-electron chi connectivity index (χ0n) is 14.3. The lowest BCUT2D eigenvalue weighted by Gasteiger charge is -2.08. The first-order valence-electron chi connectivity index (χ1n) is 7.99. The smallest absolute Gasteiger partial charge is 0.411 e. The predicted molar refractivity (Wildman–Crippen MR) is 94.0 cm³/mol. The van der Waals surface area contributed by atoms with E-state index in [0.29, 0.717) is 17.9 Å². The second kappa shape index (κ2) is 9.32. The average molecular weight is 343 g/mol. The number of ether oxygens (including phenoxy) is 3. The predicted octanol–water partition coefficient (Wildman–Crippen LogP) is 3.80. The van der Waals surface area contributed by atoms with Crippen molar-refractivity contribution in [1.29, 1.82) is 0 Å². The van der Waals surface area contributed by atoms with Crippen LogP contribution in [0.4, 0.5) is 10.5 Å². The van der Waals surface area contributed by atoms with E-state index in [4.69, 9.17) is 14.2 Å². The van der Waals surface area contributed by atoms with Gasteiger partial charge in [0.1, 0.15) is 19.0 Å². The first-order chi connectivity index (χ1) is 12.1. The second-order valence-corrected chi connectivity index (χ2v) is 5.22. The molecule has 0 bridgehead atoms. The third kappa shape index (κ3) is 6.18. The van der Waals surface area contributed by atoms with Crippen molar-refractivity contribution >= 4 is 17.7 Å². The van der Waals surface area contributed by atoms with Gasteiger partial charge in [-0.05, 0) is 50.2 Å². The van der Waals surface area contributed by atoms with Crippen LogP contribution in [-0.4, -0.2) is 31.9 Å². The highest BCUT2D eigenvalue weighted by molar-refractivity contribution is 5.91. The fourth-order valence-corrected chi connectivity index (χ4v) is 1.99. The highest BCUT2D eigenvalue weighted by Crippen LogP contribution is 2.12. The molecule has 1 amide bonds. The lowest BCUT2D eigenvalue weighted by Crippen LogP contribution is -2.14. The number of hydrogen-bond acceptors (Lipinski definition) is 5. The molecule has 2 aromatic rings. The molecule has 6 heteroatoms. The summed E-state index contributed by atoms with van der Waals surface area (Å²) in [6.45, 7) is 4.44. The molecule has 0 spiro atoms. The molecule has 2 rings (SSSR count). The van der Waals surface area contributed by atoms with E-state index < -0.39 is 12.1 Å². The number of nitrogens with one attached hydrogen (secondary N) is 1. The fourth-order valence-electron chi connectivity index (χ4n) is 1.99. The Bertz CT molecular complexity index is 695. The molecule has 0 fully saturated rings. The normalized spacial score (nSPS) is 10.0. The van der Waals surface area contributed by atoms with Gasteiger partial charge in [-0.2, -0.15) is 0 Å². The van der Waals surface area contributed by atoms with E-state index in [2.05, 4.69) is 5.32 Å². The monoisotopic (exact) mass is 343 g/mol. The van der Waals surface area contributed by atoms with Gasteiger partial charge in [-0.1, -0.05) is 17.7 Å².